The molecule has 1 aliphatic heterocycles. The number of carbonyl (C=O) groups excluding carboxylic acids is 1. The maximum atomic E-state index is 12.4. The predicted octanol–water partition coefficient (Wildman–Crippen LogP) is 3.68. The summed E-state index contributed by atoms with van der Waals surface area (Å²) in [6.45, 7) is 0. The Balaban J connectivity index is 2.02. The maximum absolute atomic E-state index is 12.4. The van der Waals surface area contributed by atoms with E-state index < -0.39 is 0 Å². The van der Waals surface area contributed by atoms with E-state index in [0.717, 1.165) is 28.2 Å². The van der Waals surface area contributed by atoms with Gasteiger partial charge >= 0.3 is 0 Å². The van der Waals surface area contributed by atoms with Gasteiger partial charge in [0.25, 0.3) is 0 Å². The summed E-state index contributed by atoms with van der Waals surface area (Å²) < 4.78 is 3.86. The average Bonchev–Trinajstić information content (AvgIpc) is 3.08. The third-order valence-corrected chi connectivity index (χ3v) is 4.00. The number of rotatable bonds is 1. The summed E-state index contributed by atoms with van der Waals surface area (Å²) in [6, 6.07) is 11.4. The van der Waals surface area contributed by atoms with Crippen molar-refractivity contribution in [3.63, 3.8) is 0 Å². The summed E-state index contributed by atoms with van der Waals surface area (Å²) >= 11 is 5.94. The number of aryl methyl sites for hydroxylation is 1. The molecule has 0 atom stereocenters. The van der Waals surface area contributed by atoms with E-state index in [1.54, 1.807) is 0 Å². The number of ketones is 1. The fourth-order valence-electron chi connectivity index (χ4n) is 2.85. The highest BCUT2D eigenvalue weighted by Gasteiger charge is 2.32. The monoisotopic (exact) mass is 282 g/mol. The average molecular weight is 283 g/mol. The number of carbonyl (C=O) groups is 1. The quantitative estimate of drug-likeness (QED) is 0.523. The molecule has 3 heterocycles. The van der Waals surface area contributed by atoms with Crippen LogP contribution in [0.15, 0.2) is 48.8 Å². The number of fused-ring (bicyclic) bond motifs is 3. The number of hydrogen-bond donors (Lipinski definition) is 0. The van der Waals surface area contributed by atoms with Gasteiger partial charge in [-0.2, -0.15) is 0 Å². The lowest BCUT2D eigenvalue weighted by molar-refractivity contribution is 0.103. The molecular formula is C16H11ClN2O. The van der Waals surface area contributed by atoms with Crippen molar-refractivity contribution >= 4 is 17.4 Å². The molecule has 0 amide bonds. The summed E-state index contributed by atoms with van der Waals surface area (Å²) in [4.78, 5) is 12.4. The van der Waals surface area contributed by atoms with Crippen LogP contribution in [0.25, 0.3) is 16.8 Å². The van der Waals surface area contributed by atoms with Crippen LogP contribution in [0, 0.1) is 0 Å². The van der Waals surface area contributed by atoms with E-state index in [2.05, 4.69) is 0 Å². The van der Waals surface area contributed by atoms with Crippen molar-refractivity contribution < 1.29 is 4.79 Å². The van der Waals surface area contributed by atoms with E-state index >= 15 is 0 Å². The van der Waals surface area contributed by atoms with Gasteiger partial charge in [-0.25, -0.2) is 0 Å². The lowest BCUT2D eigenvalue weighted by Crippen LogP contribution is -2.02. The van der Waals surface area contributed by atoms with E-state index in [4.69, 9.17) is 11.6 Å². The number of benzene rings is 1. The number of hydrogen-bond acceptors (Lipinski definition) is 1. The molecule has 4 heteroatoms. The van der Waals surface area contributed by atoms with Crippen LogP contribution >= 0.6 is 11.6 Å². The normalized spacial score (nSPS) is 12.6. The van der Waals surface area contributed by atoms with E-state index in [1.807, 2.05) is 65.0 Å². The Bertz CT molecular complexity index is 840. The predicted molar refractivity (Wildman–Crippen MR) is 78.6 cm³/mol. The van der Waals surface area contributed by atoms with Crippen LogP contribution in [0.1, 0.15) is 16.2 Å². The minimum atomic E-state index is 0.0766. The molecule has 0 radical (unpaired) electrons. The highest BCUT2D eigenvalue weighted by Crippen LogP contribution is 2.37. The summed E-state index contributed by atoms with van der Waals surface area (Å²) in [6.07, 6.45) is 3.92. The van der Waals surface area contributed by atoms with Gasteiger partial charge in [0.15, 0.2) is 0 Å². The molecule has 0 saturated carbocycles. The van der Waals surface area contributed by atoms with Gasteiger partial charge in [-0.3, -0.25) is 4.79 Å². The Kier molecular flexibility index (Phi) is 2.24. The highest BCUT2D eigenvalue weighted by atomic mass is 35.5. The van der Waals surface area contributed by atoms with Crippen molar-refractivity contribution in [2.24, 2.45) is 7.05 Å². The van der Waals surface area contributed by atoms with Crippen LogP contribution in [-0.2, 0) is 7.05 Å². The van der Waals surface area contributed by atoms with Gasteiger partial charge in [0.2, 0.25) is 5.78 Å². The summed E-state index contributed by atoms with van der Waals surface area (Å²) in [7, 11) is 1.91. The molecule has 1 aromatic carbocycles. The first-order valence-corrected chi connectivity index (χ1v) is 6.72. The van der Waals surface area contributed by atoms with Crippen LogP contribution in [0.2, 0.25) is 5.02 Å². The smallest absolute Gasteiger partial charge is 0.228 e. The molecule has 0 saturated heterocycles. The molecule has 98 valence electrons. The molecular weight excluding hydrogens is 272 g/mol. The largest absolute Gasteiger partial charge is 0.345 e. The van der Waals surface area contributed by atoms with Crippen molar-refractivity contribution in [2.75, 3.05) is 0 Å². The van der Waals surface area contributed by atoms with Gasteiger partial charge in [-0.05, 0) is 29.8 Å². The second-order valence-electron chi connectivity index (χ2n) is 4.95. The Morgan fingerprint density at radius 1 is 1.10 bits per heavy atom. The molecule has 0 spiro atoms. The zero-order chi connectivity index (χ0) is 13.9. The lowest BCUT2D eigenvalue weighted by Gasteiger charge is -2.04. The zero-order valence-electron chi connectivity index (χ0n) is 10.8. The van der Waals surface area contributed by atoms with Crippen LogP contribution in [0.5, 0.6) is 0 Å². The first-order valence-electron chi connectivity index (χ1n) is 6.34. The van der Waals surface area contributed by atoms with E-state index in [1.165, 1.54) is 0 Å². The van der Waals surface area contributed by atoms with Gasteiger partial charge < -0.3 is 9.13 Å². The first kappa shape index (κ1) is 11.6. The van der Waals surface area contributed by atoms with Crippen LogP contribution < -0.4 is 0 Å². The van der Waals surface area contributed by atoms with Gasteiger partial charge in [0.05, 0.1) is 11.4 Å². The summed E-state index contributed by atoms with van der Waals surface area (Å²) in [5.41, 5.74) is 4.52. The summed E-state index contributed by atoms with van der Waals surface area (Å²) in [5.74, 6) is 0.0766. The standard InChI is InChI=1S/C16H11ClN2O/c1-18-9-12(10-4-6-11(17)7-5-10)14-15(18)16(20)13-3-2-8-19(13)14/h2-9H,1H3. The molecule has 1 aliphatic rings. The molecule has 0 aliphatic carbocycles. The van der Waals surface area contributed by atoms with Crippen LogP contribution in [0.4, 0.5) is 0 Å². The lowest BCUT2D eigenvalue weighted by atomic mass is 10.1. The topological polar surface area (TPSA) is 26.9 Å². The number of aromatic nitrogens is 2. The molecule has 0 fully saturated rings. The molecule has 0 unspecified atom stereocenters. The van der Waals surface area contributed by atoms with E-state index in [-0.39, 0.29) is 5.78 Å². The van der Waals surface area contributed by atoms with Crippen molar-refractivity contribution in [3.8, 4) is 16.8 Å². The fourth-order valence-corrected chi connectivity index (χ4v) is 2.97. The second-order valence-corrected chi connectivity index (χ2v) is 5.39. The number of halogens is 1. The van der Waals surface area contributed by atoms with E-state index in [9.17, 15) is 4.79 Å². The Morgan fingerprint density at radius 2 is 1.85 bits per heavy atom. The highest BCUT2D eigenvalue weighted by molar-refractivity contribution is 6.30. The van der Waals surface area contributed by atoms with Gasteiger partial charge in [0.1, 0.15) is 5.69 Å². The molecule has 3 nitrogen and oxygen atoms in total. The molecule has 3 aromatic rings. The van der Waals surface area contributed by atoms with Crippen molar-refractivity contribution in [2.45, 2.75) is 0 Å². The van der Waals surface area contributed by atoms with Gasteiger partial charge in [0, 0.05) is 30.0 Å². The zero-order valence-corrected chi connectivity index (χ0v) is 11.6. The van der Waals surface area contributed by atoms with Crippen molar-refractivity contribution in [1.29, 1.82) is 0 Å². The Morgan fingerprint density at radius 3 is 2.60 bits per heavy atom. The summed E-state index contributed by atoms with van der Waals surface area (Å²) in [5, 5.41) is 0.707. The van der Waals surface area contributed by atoms with Gasteiger partial charge in [-0.15, -0.1) is 0 Å². The minimum Gasteiger partial charge on any atom is -0.345 e. The third kappa shape index (κ3) is 1.38. The molecule has 2 aromatic heterocycles. The van der Waals surface area contributed by atoms with Crippen molar-refractivity contribution in [3.05, 3.63) is 65.2 Å². The third-order valence-electron chi connectivity index (χ3n) is 3.75. The second kappa shape index (κ2) is 3.87. The Hall–Kier alpha value is -2.26. The van der Waals surface area contributed by atoms with Crippen LogP contribution in [-0.4, -0.2) is 14.9 Å². The minimum absolute atomic E-state index is 0.0766. The first-order chi connectivity index (χ1) is 9.66. The van der Waals surface area contributed by atoms with Crippen LogP contribution in [0.3, 0.4) is 0 Å². The SMILES string of the molecule is Cn1cc(-c2ccc(Cl)cc2)c2c1C(=O)c1cccn1-2. The van der Waals surface area contributed by atoms with Crippen molar-refractivity contribution in [1.82, 2.24) is 9.13 Å². The fraction of sp³-hybridized carbons (Fsp3) is 0.0625. The van der Waals surface area contributed by atoms with E-state index in [0.29, 0.717) is 5.02 Å². The Labute approximate surface area is 121 Å². The molecule has 0 N–H and O–H groups in total. The molecule has 4 rings (SSSR count). The van der Waals surface area contributed by atoms with Gasteiger partial charge in [-0.1, -0.05) is 23.7 Å². The molecule has 20 heavy (non-hydrogen) atoms. The maximum Gasteiger partial charge on any atom is 0.228 e. The molecule has 0 bridgehead atoms. The number of nitrogens with zero attached hydrogens (tertiary/aromatic N) is 2.